The van der Waals surface area contributed by atoms with Crippen LogP contribution in [-0.4, -0.2) is 53.8 Å². The molecule has 2 fully saturated rings. The molecule has 22 heavy (non-hydrogen) atoms. The molecule has 1 aromatic rings. The number of rotatable bonds is 5. The Labute approximate surface area is 133 Å². The first-order chi connectivity index (χ1) is 10.7. The lowest BCUT2D eigenvalue weighted by molar-refractivity contribution is 0.154. The molecule has 3 heterocycles. The summed E-state index contributed by atoms with van der Waals surface area (Å²) in [6, 6.07) is 2.63. The van der Waals surface area contributed by atoms with Crippen molar-refractivity contribution in [3.8, 4) is 0 Å². The predicted molar refractivity (Wildman–Crippen MR) is 88.2 cm³/mol. The van der Waals surface area contributed by atoms with Crippen LogP contribution in [0.4, 0.5) is 5.82 Å². The van der Waals surface area contributed by atoms with Gasteiger partial charge in [0.25, 0.3) is 0 Å². The van der Waals surface area contributed by atoms with Gasteiger partial charge in [-0.2, -0.15) is 0 Å². The molecule has 0 radical (unpaired) electrons. The van der Waals surface area contributed by atoms with Gasteiger partial charge in [0.2, 0.25) is 0 Å². The van der Waals surface area contributed by atoms with Crippen LogP contribution in [0.2, 0.25) is 0 Å². The fourth-order valence-electron chi connectivity index (χ4n) is 3.45. The molecular formula is C17H28N4O. The zero-order valence-electron chi connectivity index (χ0n) is 13.8. The molecule has 1 N–H and O–H groups in total. The molecule has 0 spiro atoms. The van der Waals surface area contributed by atoms with Crippen molar-refractivity contribution in [2.75, 3.05) is 38.2 Å². The number of ether oxygens (including phenoxy) is 1. The zero-order chi connectivity index (χ0) is 15.4. The lowest BCUT2D eigenvalue weighted by Gasteiger charge is -2.33. The van der Waals surface area contributed by atoms with E-state index in [1.807, 2.05) is 6.92 Å². The highest BCUT2D eigenvalue weighted by Crippen LogP contribution is 2.20. The van der Waals surface area contributed by atoms with Crippen LogP contribution in [0.3, 0.4) is 0 Å². The first-order valence-electron chi connectivity index (χ1n) is 8.64. The smallest absolute Gasteiger partial charge is 0.130 e. The average molecular weight is 304 g/mol. The quantitative estimate of drug-likeness (QED) is 0.904. The standard InChI is InChI=1S/C17H28N4O/c1-3-15-10-17(19-13(2)18-15)20-16-4-7-21(8-5-16)11-14-6-9-22-12-14/h10,14,16H,3-9,11-12H2,1-2H3,(H,18,19,20)/t14-/m0/s1. The molecule has 0 unspecified atom stereocenters. The normalized spacial score (nSPS) is 23.8. The molecule has 1 atom stereocenters. The molecule has 1 aromatic heterocycles. The average Bonchev–Trinajstić information content (AvgIpc) is 3.01. The molecule has 5 heteroatoms. The molecule has 0 aromatic carbocycles. The maximum Gasteiger partial charge on any atom is 0.130 e. The fraction of sp³-hybridized carbons (Fsp3) is 0.765. The van der Waals surface area contributed by atoms with Crippen LogP contribution in [0, 0.1) is 12.8 Å². The molecule has 5 nitrogen and oxygen atoms in total. The monoisotopic (exact) mass is 304 g/mol. The van der Waals surface area contributed by atoms with Gasteiger partial charge in [0.15, 0.2) is 0 Å². The largest absolute Gasteiger partial charge is 0.381 e. The second kappa shape index (κ2) is 7.38. The van der Waals surface area contributed by atoms with Crippen LogP contribution in [0.5, 0.6) is 0 Å². The van der Waals surface area contributed by atoms with Crippen molar-refractivity contribution in [3.05, 3.63) is 17.6 Å². The summed E-state index contributed by atoms with van der Waals surface area (Å²) in [5, 5.41) is 3.61. The molecule has 2 saturated heterocycles. The van der Waals surface area contributed by atoms with E-state index in [2.05, 4.69) is 33.2 Å². The summed E-state index contributed by atoms with van der Waals surface area (Å²) in [6.45, 7) is 9.58. The van der Waals surface area contributed by atoms with Crippen molar-refractivity contribution in [1.29, 1.82) is 0 Å². The van der Waals surface area contributed by atoms with Gasteiger partial charge in [-0.25, -0.2) is 9.97 Å². The number of nitrogens with one attached hydrogen (secondary N) is 1. The number of aromatic nitrogens is 2. The molecule has 2 aliphatic rings. The summed E-state index contributed by atoms with van der Waals surface area (Å²) >= 11 is 0. The van der Waals surface area contributed by atoms with Crippen LogP contribution >= 0.6 is 0 Å². The molecule has 0 amide bonds. The van der Waals surface area contributed by atoms with Crippen molar-refractivity contribution in [2.24, 2.45) is 5.92 Å². The lowest BCUT2D eigenvalue weighted by Crippen LogP contribution is -2.41. The third-order valence-electron chi connectivity index (χ3n) is 4.73. The third kappa shape index (κ3) is 4.17. The first-order valence-corrected chi connectivity index (χ1v) is 8.64. The van der Waals surface area contributed by atoms with E-state index in [4.69, 9.17) is 4.74 Å². The van der Waals surface area contributed by atoms with E-state index >= 15 is 0 Å². The highest BCUT2D eigenvalue weighted by Gasteiger charge is 2.24. The van der Waals surface area contributed by atoms with Gasteiger partial charge in [-0.1, -0.05) is 6.92 Å². The first kappa shape index (κ1) is 15.7. The van der Waals surface area contributed by atoms with Crippen molar-refractivity contribution >= 4 is 5.82 Å². The number of anilines is 1. The van der Waals surface area contributed by atoms with Crippen molar-refractivity contribution < 1.29 is 4.74 Å². The van der Waals surface area contributed by atoms with Crippen LogP contribution in [0.25, 0.3) is 0 Å². The lowest BCUT2D eigenvalue weighted by atomic mass is 10.0. The SMILES string of the molecule is CCc1cc(NC2CCN(C[C@@H]3CCOC3)CC2)nc(C)n1. The number of likely N-dealkylation sites (tertiary alicyclic amines) is 1. The third-order valence-corrected chi connectivity index (χ3v) is 4.73. The Hall–Kier alpha value is -1.20. The molecule has 122 valence electrons. The van der Waals surface area contributed by atoms with Gasteiger partial charge < -0.3 is 15.0 Å². The summed E-state index contributed by atoms with van der Waals surface area (Å²) in [5.41, 5.74) is 1.12. The van der Waals surface area contributed by atoms with E-state index in [9.17, 15) is 0 Å². The maximum atomic E-state index is 5.48. The van der Waals surface area contributed by atoms with Crippen LogP contribution in [0.1, 0.15) is 37.7 Å². The van der Waals surface area contributed by atoms with Gasteiger partial charge in [-0.05, 0) is 38.5 Å². The summed E-state index contributed by atoms with van der Waals surface area (Å²) in [7, 11) is 0. The van der Waals surface area contributed by atoms with Crippen LogP contribution in [-0.2, 0) is 11.2 Å². The number of piperidine rings is 1. The van der Waals surface area contributed by atoms with Crippen LogP contribution in [0.15, 0.2) is 6.07 Å². The molecule has 0 saturated carbocycles. The number of nitrogens with zero attached hydrogens (tertiary/aromatic N) is 3. The van der Waals surface area contributed by atoms with Gasteiger partial charge in [0.1, 0.15) is 11.6 Å². The van der Waals surface area contributed by atoms with Crippen molar-refractivity contribution in [2.45, 2.75) is 45.6 Å². The summed E-state index contributed by atoms with van der Waals surface area (Å²) < 4.78 is 5.48. The van der Waals surface area contributed by atoms with Gasteiger partial charge in [0.05, 0.1) is 6.61 Å². The Morgan fingerprint density at radius 1 is 1.27 bits per heavy atom. The van der Waals surface area contributed by atoms with Gasteiger partial charge >= 0.3 is 0 Å². The second-order valence-corrected chi connectivity index (χ2v) is 6.59. The second-order valence-electron chi connectivity index (χ2n) is 6.59. The van der Waals surface area contributed by atoms with Gasteiger partial charge in [0, 0.05) is 44.0 Å². The number of hydrogen-bond acceptors (Lipinski definition) is 5. The Balaban J connectivity index is 1.48. The van der Waals surface area contributed by atoms with Gasteiger partial charge in [-0.15, -0.1) is 0 Å². The Kier molecular flexibility index (Phi) is 5.26. The molecule has 0 aliphatic carbocycles. The molecular weight excluding hydrogens is 276 g/mol. The van der Waals surface area contributed by atoms with E-state index in [-0.39, 0.29) is 0 Å². The highest BCUT2D eigenvalue weighted by atomic mass is 16.5. The van der Waals surface area contributed by atoms with E-state index in [0.29, 0.717) is 6.04 Å². The molecule has 3 rings (SSSR count). The minimum atomic E-state index is 0.537. The molecule has 2 aliphatic heterocycles. The fourth-order valence-corrected chi connectivity index (χ4v) is 3.45. The minimum Gasteiger partial charge on any atom is -0.381 e. The Morgan fingerprint density at radius 2 is 2.09 bits per heavy atom. The van der Waals surface area contributed by atoms with E-state index in [1.54, 1.807) is 0 Å². The summed E-state index contributed by atoms with van der Waals surface area (Å²) in [6.07, 6.45) is 4.58. The summed E-state index contributed by atoms with van der Waals surface area (Å²) in [5.74, 6) is 2.61. The number of hydrogen-bond donors (Lipinski definition) is 1. The number of aryl methyl sites for hydroxylation is 2. The van der Waals surface area contributed by atoms with E-state index in [1.165, 1.54) is 38.9 Å². The Bertz CT molecular complexity index is 480. The highest BCUT2D eigenvalue weighted by molar-refractivity contribution is 5.37. The minimum absolute atomic E-state index is 0.537. The topological polar surface area (TPSA) is 50.3 Å². The van der Waals surface area contributed by atoms with Gasteiger partial charge in [-0.3, -0.25) is 0 Å². The van der Waals surface area contributed by atoms with Crippen molar-refractivity contribution in [1.82, 2.24) is 14.9 Å². The van der Waals surface area contributed by atoms with Crippen LogP contribution < -0.4 is 5.32 Å². The predicted octanol–water partition coefficient (Wildman–Crippen LogP) is 2.26. The summed E-state index contributed by atoms with van der Waals surface area (Å²) in [4.78, 5) is 11.6. The maximum absolute atomic E-state index is 5.48. The zero-order valence-corrected chi connectivity index (χ0v) is 13.8. The van der Waals surface area contributed by atoms with E-state index < -0.39 is 0 Å². The van der Waals surface area contributed by atoms with Crippen molar-refractivity contribution in [3.63, 3.8) is 0 Å². The Morgan fingerprint density at radius 3 is 2.77 bits per heavy atom. The van der Waals surface area contributed by atoms with E-state index in [0.717, 1.165) is 42.9 Å². The molecule has 0 bridgehead atoms.